The van der Waals surface area contributed by atoms with E-state index in [0.29, 0.717) is 37.1 Å². The molecule has 0 aliphatic rings. The molecule has 2 aromatic heterocycles. The van der Waals surface area contributed by atoms with Crippen molar-refractivity contribution in [3.8, 4) is 0 Å². The van der Waals surface area contributed by atoms with Gasteiger partial charge < -0.3 is 0 Å². The molecule has 0 radical (unpaired) electrons. The lowest BCUT2D eigenvalue weighted by Crippen LogP contribution is -2.19. The second kappa shape index (κ2) is 12.1. The third kappa shape index (κ3) is 8.42. The predicted molar refractivity (Wildman–Crippen MR) is 112 cm³/mol. The van der Waals surface area contributed by atoms with Crippen molar-refractivity contribution in [2.75, 3.05) is 0 Å². The van der Waals surface area contributed by atoms with Crippen molar-refractivity contribution < 1.29 is 9.59 Å². The maximum absolute atomic E-state index is 11.9. The molecule has 2 heterocycles. The number of amides is 2. The molecular weight excluding hydrogens is 368 g/mol. The van der Waals surface area contributed by atoms with Crippen LogP contribution in [0.5, 0.6) is 0 Å². The Bertz CT molecular complexity index is 778. The van der Waals surface area contributed by atoms with Gasteiger partial charge in [-0.2, -0.15) is 10.2 Å². The van der Waals surface area contributed by atoms with Gasteiger partial charge in [-0.15, -0.1) is 0 Å². The quantitative estimate of drug-likeness (QED) is 0.367. The molecule has 2 N–H and O–H groups in total. The van der Waals surface area contributed by atoms with E-state index in [1.54, 1.807) is 24.8 Å². The van der Waals surface area contributed by atoms with E-state index in [2.05, 4.69) is 31.0 Å². The minimum absolute atomic E-state index is 0.144. The average molecular weight is 394 g/mol. The Morgan fingerprint density at radius 2 is 1.24 bits per heavy atom. The third-order valence-corrected chi connectivity index (χ3v) is 4.16. The largest absolute Gasteiger partial charge is 0.273 e. The standard InChI is InChI=1S/C21H26N6O2/c1-16(18-8-6-12-22-14-18)24-26-20(28)10-4-3-5-11-21(29)27-25-17(2)19-9-7-13-23-15-19/h6-9,12-15H,3-5,10-11H2,1-2H3,(H,26,28)(H,27,29)/b24-16+,25-17+. The number of hydrazone groups is 2. The molecule has 0 aromatic carbocycles. The van der Waals surface area contributed by atoms with Crippen molar-refractivity contribution in [3.63, 3.8) is 0 Å². The normalized spacial score (nSPS) is 11.8. The van der Waals surface area contributed by atoms with Crippen LogP contribution in [-0.2, 0) is 9.59 Å². The molecule has 2 rings (SSSR count). The van der Waals surface area contributed by atoms with Crippen LogP contribution in [0.25, 0.3) is 0 Å². The van der Waals surface area contributed by atoms with Gasteiger partial charge in [0, 0.05) is 48.8 Å². The van der Waals surface area contributed by atoms with Crippen LogP contribution in [0, 0.1) is 0 Å². The zero-order valence-electron chi connectivity index (χ0n) is 16.8. The van der Waals surface area contributed by atoms with Crippen molar-refractivity contribution in [1.82, 2.24) is 20.8 Å². The molecule has 0 spiro atoms. The first kappa shape index (κ1) is 21.9. The van der Waals surface area contributed by atoms with Crippen LogP contribution in [-0.4, -0.2) is 33.2 Å². The maximum Gasteiger partial charge on any atom is 0.240 e. The number of nitrogens with zero attached hydrogens (tertiary/aromatic N) is 4. The lowest BCUT2D eigenvalue weighted by molar-refractivity contribution is -0.121. The second-order valence-corrected chi connectivity index (χ2v) is 6.51. The number of aromatic nitrogens is 2. The van der Waals surface area contributed by atoms with Crippen molar-refractivity contribution in [2.45, 2.75) is 46.0 Å². The highest BCUT2D eigenvalue weighted by atomic mass is 16.2. The van der Waals surface area contributed by atoms with E-state index in [0.717, 1.165) is 17.5 Å². The van der Waals surface area contributed by atoms with Crippen LogP contribution >= 0.6 is 0 Å². The molecule has 29 heavy (non-hydrogen) atoms. The Morgan fingerprint density at radius 3 is 1.62 bits per heavy atom. The van der Waals surface area contributed by atoms with E-state index in [1.165, 1.54) is 0 Å². The highest BCUT2D eigenvalue weighted by Gasteiger charge is 2.04. The molecule has 8 nitrogen and oxygen atoms in total. The summed E-state index contributed by atoms with van der Waals surface area (Å²) >= 11 is 0. The van der Waals surface area contributed by atoms with E-state index >= 15 is 0 Å². The van der Waals surface area contributed by atoms with Gasteiger partial charge in [0.15, 0.2) is 0 Å². The molecule has 0 atom stereocenters. The van der Waals surface area contributed by atoms with Crippen LogP contribution in [0.1, 0.15) is 57.1 Å². The van der Waals surface area contributed by atoms with Gasteiger partial charge in [0.2, 0.25) is 11.8 Å². The number of hydrogen-bond acceptors (Lipinski definition) is 6. The van der Waals surface area contributed by atoms with Gasteiger partial charge in [0.05, 0.1) is 11.4 Å². The molecule has 2 aromatic rings. The highest BCUT2D eigenvalue weighted by molar-refractivity contribution is 5.99. The summed E-state index contributed by atoms with van der Waals surface area (Å²) in [5.74, 6) is -0.288. The van der Waals surface area contributed by atoms with E-state index in [9.17, 15) is 9.59 Å². The van der Waals surface area contributed by atoms with Gasteiger partial charge in [-0.25, -0.2) is 10.9 Å². The highest BCUT2D eigenvalue weighted by Crippen LogP contribution is 2.04. The van der Waals surface area contributed by atoms with Gasteiger partial charge in [-0.3, -0.25) is 19.6 Å². The van der Waals surface area contributed by atoms with Crippen LogP contribution < -0.4 is 10.9 Å². The summed E-state index contributed by atoms with van der Waals surface area (Å²) in [5, 5.41) is 8.16. The van der Waals surface area contributed by atoms with E-state index < -0.39 is 0 Å². The third-order valence-electron chi connectivity index (χ3n) is 4.16. The Hall–Kier alpha value is -3.42. The number of carbonyl (C=O) groups is 2. The van der Waals surface area contributed by atoms with Gasteiger partial charge in [-0.05, 0) is 38.8 Å². The minimum Gasteiger partial charge on any atom is -0.273 e. The maximum atomic E-state index is 11.9. The van der Waals surface area contributed by atoms with Crippen LogP contribution in [0.3, 0.4) is 0 Å². The summed E-state index contributed by atoms with van der Waals surface area (Å²) in [6.07, 6.45) is 9.65. The number of unbranched alkanes of at least 4 members (excludes halogenated alkanes) is 2. The molecule has 2 amide bonds. The number of nitrogens with one attached hydrogen (secondary N) is 2. The molecule has 0 aliphatic carbocycles. The fourth-order valence-corrected chi connectivity index (χ4v) is 2.43. The zero-order chi connectivity index (χ0) is 20.9. The van der Waals surface area contributed by atoms with Gasteiger partial charge in [0.1, 0.15) is 0 Å². The van der Waals surface area contributed by atoms with Crippen LogP contribution in [0.2, 0.25) is 0 Å². The Labute approximate surface area is 170 Å². The first-order valence-electron chi connectivity index (χ1n) is 9.53. The van der Waals surface area contributed by atoms with Gasteiger partial charge in [-0.1, -0.05) is 18.6 Å². The smallest absolute Gasteiger partial charge is 0.240 e. The lowest BCUT2D eigenvalue weighted by atomic mass is 10.1. The van der Waals surface area contributed by atoms with E-state index in [-0.39, 0.29) is 11.8 Å². The Kier molecular flexibility index (Phi) is 9.14. The Morgan fingerprint density at radius 1 is 0.793 bits per heavy atom. The fraction of sp³-hybridized carbons (Fsp3) is 0.333. The monoisotopic (exact) mass is 394 g/mol. The number of pyridine rings is 2. The molecule has 8 heteroatoms. The first-order valence-corrected chi connectivity index (χ1v) is 9.53. The summed E-state index contributed by atoms with van der Waals surface area (Å²) in [6, 6.07) is 7.40. The van der Waals surface area contributed by atoms with Crippen molar-refractivity contribution in [2.24, 2.45) is 10.2 Å². The second-order valence-electron chi connectivity index (χ2n) is 6.51. The lowest BCUT2D eigenvalue weighted by Gasteiger charge is -2.04. The summed E-state index contributed by atoms with van der Waals surface area (Å²) in [6.45, 7) is 3.63. The van der Waals surface area contributed by atoms with Crippen molar-refractivity contribution >= 4 is 23.2 Å². The molecule has 0 saturated carbocycles. The summed E-state index contributed by atoms with van der Waals surface area (Å²) in [4.78, 5) is 31.7. The first-order chi connectivity index (χ1) is 14.1. The zero-order valence-corrected chi connectivity index (χ0v) is 16.8. The number of carbonyl (C=O) groups excluding carboxylic acids is 2. The summed E-state index contributed by atoms with van der Waals surface area (Å²) in [5.41, 5.74) is 8.22. The molecule has 0 saturated heterocycles. The molecule has 0 bridgehead atoms. The van der Waals surface area contributed by atoms with Crippen molar-refractivity contribution in [1.29, 1.82) is 0 Å². The minimum atomic E-state index is -0.144. The summed E-state index contributed by atoms with van der Waals surface area (Å²) < 4.78 is 0. The van der Waals surface area contributed by atoms with Crippen molar-refractivity contribution in [3.05, 3.63) is 60.2 Å². The predicted octanol–water partition coefficient (Wildman–Crippen LogP) is 2.81. The number of hydrogen-bond donors (Lipinski definition) is 2. The van der Waals surface area contributed by atoms with Gasteiger partial charge >= 0.3 is 0 Å². The molecule has 0 unspecified atom stereocenters. The molecular formula is C21H26N6O2. The molecule has 0 aliphatic heterocycles. The molecule has 152 valence electrons. The fourth-order valence-electron chi connectivity index (χ4n) is 2.43. The van der Waals surface area contributed by atoms with Crippen LogP contribution in [0.4, 0.5) is 0 Å². The van der Waals surface area contributed by atoms with Crippen LogP contribution in [0.15, 0.2) is 59.3 Å². The SMILES string of the molecule is C/C(=N\NC(=O)CCCCCC(=O)N/N=C(\C)c1cccnc1)c1cccnc1. The summed E-state index contributed by atoms with van der Waals surface area (Å²) in [7, 11) is 0. The Balaban J connectivity index is 1.59. The average Bonchev–Trinajstić information content (AvgIpc) is 2.76. The van der Waals surface area contributed by atoms with Gasteiger partial charge in [0.25, 0.3) is 0 Å². The topological polar surface area (TPSA) is 109 Å². The number of rotatable bonds is 10. The van der Waals surface area contributed by atoms with E-state index in [4.69, 9.17) is 0 Å². The van der Waals surface area contributed by atoms with E-state index in [1.807, 2.05) is 38.1 Å². The molecule has 0 fully saturated rings.